The summed E-state index contributed by atoms with van der Waals surface area (Å²) in [6.07, 6.45) is 4.16. The van der Waals surface area contributed by atoms with Crippen LogP contribution in [0.25, 0.3) is 0 Å². The van der Waals surface area contributed by atoms with Gasteiger partial charge in [-0.2, -0.15) is 5.10 Å². The first kappa shape index (κ1) is 15.6. The van der Waals surface area contributed by atoms with Crippen LogP contribution in [0.15, 0.2) is 17.8 Å². The van der Waals surface area contributed by atoms with E-state index in [1.807, 2.05) is 13.8 Å². The van der Waals surface area contributed by atoms with Crippen LogP contribution in [0.5, 0.6) is 0 Å². The van der Waals surface area contributed by atoms with Gasteiger partial charge in [0.1, 0.15) is 6.54 Å². The Morgan fingerprint density at radius 3 is 2.47 bits per heavy atom. The van der Waals surface area contributed by atoms with Gasteiger partial charge >= 0.3 is 0 Å². The molecular formula is C12H23N3O2. The third kappa shape index (κ3) is 4.56. The number of hydrazone groups is 1. The highest BCUT2D eigenvalue weighted by molar-refractivity contribution is 5.77. The molecule has 0 heterocycles. The van der Waals surface area contributed by atoms with Gasteiger partial charge < -0.3 is 9.64 Å². The number of likely N-dealkylation sites (N-methyl/N-ethyl adjacent to an activating group) is 1. The quantitative estimate of drug-likeness (QED) is 0.292. The Kier molecular flexibility index (Phi) is 6.50. The molecular weight excluding hydrogens is 218 g/mol. The molecule has 17 heavy (non-hydrogen) atoms. The fourth-order valence-electron chi connectivity index (χ4n) is 1.06. The van der Waals surface area contributed by atoms with Crippen LogP contribution in [0, 0.1) is 0 Å². The fourth-order valence-corrected chi connectivity index (χ4v) is 1.06. The molecule has 1 amide bonds. The largest absolute Gasteiger partial charge is 0.354 e. The molecule has 0 aromatic heterocycles. The van der Waals surface area contributed by atoms with Crippen molar-refractivity contribution in [1.82, 2.24) is 9.91 Å². The molecule has 0 fully saturated rings. The zero-order valence-electron chi connectivity index (χ0n) is 11.4. The van der Waals surface area contributed by atoms with Crippen LogP contribution in [0.4, 0.5) is 0 Å². The van der Waals surface area contributed by atoms with E-state index in [4.69, 9.17) is 4.74 Å². The molecule has 1 atom stereocenters. The van der Waals surface area contributed by atoms with Gasteiger partial charge in [0.15, 0.2) is 5.72 Å². The summed E-state index contributed by atoms with van der Waals surface area (Å²) >= 11 is 0. The van der Waals surface area contributed by atoms with E-state index in [0.717, 1.165) is 6.42 Å². The normalized spacial score (nSPS) is 14.4. The lowest BCUT2D eigenvalue weighted by atomic mass is 10.2. The molecule has 0 spiro atoms. The standard InChI is InChI=1S/C12H23N3O2/c1-7-9-13-15(10-11(16)14(4)5)12(3,8-2)17-6/h8-9H,2,7,10H2,1,3-6H3/b13-9-. The predicted octanol–water partition coefficient (Wildman–Crippen LogP) is 1.32. The molecule has 0 aliphatic heterocycles. The number of methoxy groups -OCH3 is 1. The zero-order valence-corrected chi connectivity index (χ0v) is 11.4. The van der Waals surface area contributed by atoms with Crippen molar-refractivity contribution in [3.63, 3.8) is 0 Å². The topological polar surface area (TPSA) is 45.1 Å². The number of ether oxygens (including phenoxy) is 1. The second-order valence-electron chi connectivity index (χ2n) is 4.01. The minimum absolute atomic E-state index is 0.0385. The summed E-state index contributed by atoms with van der Waals surface area (Å²) in [5.41, 5.74) is -0.780. The summed E-state index contributed by atoms with van der Waals surface area (Å²) in [6, 6.07) is 0. The Labute approximate surface area is 104 Å². The van der Waals surface area contributed by atoms with Crippen LogP contribution in [-0.4, -0.2) is 55.5 Å². The summed E-state index contributed by atoms with van der Waals surface area (Å²) in [5.74, 6) is -0.0385. The second-order valence-corrected chi connectivity index (χ2v) is 4.01. The van der Waals surface area contributed by atoms with Crippen LogP contribution in [0.1, 0.15) is 20.3 Å². The molecule has 0 aliphatic rings. The van der Waals surface area contributed by atoms with Crippen LogP contribution < -0.4 is 0 Å². The molecule has 0 aromatic carbocycles. The lowest BCUT2D eigenvalue weighted by molar-refractivity contribution is -0.138. The Morgan fingerprint density at radius 2 is 2.12 bits per heavy atom. The average molecular weight is 241 g/mol. The molecule has 1 unspecified atom stereocenters. The summed E-state index contributed by atoms with van der Waals surface area (Å²) in [5, 5.41) is 5.83. The van der Waals surface area contributed by atoms with Gasteiger partial charge in [-0.3, -0.25) is 9.80 Å². The van der Waals surface area contributed by atoms with E-state index in [1.54, 1.807) is 38.5 Å². The van der Waals surface area contributed by atoms with E-state index < -0.39 is 5.72 Å². The first-order valence-electron chi connectivity index (χ1n) is 5.60. The van der Waals surface area contributed by atoms with Crippen molar-refractivity contribution in [2.75, 3.05) is 27.7 Å². The van der Waals surface area contributed by atoms with E-state index in [9.17, 15) is 4.79 Å². The molecule has 0 N–H and O–H groups in total. The molecule has 0 saturated carbocycles. The summed E-state index contributed by atoms with van der Waals surface area (Å²) < 4.78 is 5.35. The smallest absolute Gasteiger partial charge is 0.243 e. The molecule has 5 heteroatoms. The van der Waals surface area contributed by atoms with Gasteiger partial charge in [0.05, 0.1) is 0 Å². The second kappa shape index (κ2) is 7.06. The predicted molar refractivity (Wildman–Crippen MR) is 69.8 cm³/mol. The molecule has 0 bridgehead atoms. The van der Waals surface area contributed by atoms with Gasteiger partial charge in [0.2, 0.25) is 5.91 Å². The SMILES string of the molecule is C=CC(C)(OC)N(CC(=O)N(C)C)/N=C\CC. The van der Waals surface area contributed by atoms with Crippen LogP contribution in [0.2, 0.25) is 0 Å². The summed E-state index contributed by atoms with van der Waals surface area (Å²) in [7, 11) is 4.99. The van der Waals surface area contributed by atoms with E-state index in [1.165, 1.54) is 4.90 Å². The number of rotatable bonds is 7. The van der Waals surface area contributed by atoms with Crippen LogP contribution in [0.3, 0.4) is 0 Å². The monoisotopic (exact) mass is 241 g/mol. The molecule has 0 aromatic rings. The molecule has 98 valence electrons. The lowest BCUT2D eigenvalue weighted by Gasteiger charge is -2.35. The van der Waals surface area contributed by atoms with Crippen molar-refractivity contribution >= 4 is 12.1 Å². The van der Waals surface area contributed by atoms with E-state index in [2.05, 4.69) is 11.7 Å². The maximum atomic E-state index is 11.7. The number of hydrogen-bond donors (Lipinski definition) is 0. The van der Waals surface area contributed by atoms with Crippen LogP contribution >= 0.6 is 0 Å². The van der Waals surface area contributed by atoms with E-state index in [-0.39, 0.29) is 12.5 Å². The van der Waals surface area contributed by atoms with Gasteiger partial charge in [0, 0.05) is 27.4 Å². The van der Waals surface area contributed by atoms with Gasteiger partial charge in [0.25, 0.3) is 0 Å². The van der Waals surface area contributed by atoms with Crippen LogP contribution in [-0.2, 0) is 9.53 Å². The molecule has 5 nitrogen and oxygen atoms in total. The number of carbonyl (C=O) groups excluding carboxylic acids is 1. The Bertz CT molecular complexity index is 289. The highest BCUT2D eigenvalue weighted by atomic mass is 16.5. The van der Waals surface area contributed by atoms with Gasteiger partial charge in [-0.1, -0.05) is 13.5 Å². The maximum Gasteiger partial charge on any atom is 0.243 e. The number of amides is 1. The van der Waals surface area contributed by atoms with Crippen molar-refractivity contribution < 1.29 is 9.53 Å². The first-order valence-corrected chi connectivity index (χ1v) is 5.60. The third-order valence-electron chi connectivity index (χ3n) is 2.49. The average Bonchev–Trinajstić information content (AvgIpc) is 2.32. The van der Waals surface area contributed by atoms with Crippen molar-refractivity contribution in [2.24, 2.45) is 5.10 Å². The number of carbonyl (C=O) groups is 1. The van der Waals surface area contributed by atoms with E-state index in [0.29, 0.717) is 0 Å². The third-order valence-corrected chi connectivity index (χ3v) is 2.49. The highest BCUT2D eigenvalue weighted by Gasteiger charge is 2.29. The van der Waals surface area contributed by atoms with E-state index >= 15 is 0 Å². The van der Waals surface area contributed by atoms with Gasteiger partial charge in [-0.25, -0.2) is 0 Å². The minimum Gasteiger partial charge on any atom is -0.354 e. The van der Waals surface area contributed by atoms with Crippen molar-refractivity contribution in [1.29, 1.82) is 0 Å². The number of hydrogen-bond acceptors (Lipinski definition) is 4. The number of nitrogens with zero attached hydrogens (tertiary/aromatic N) is 3. The van der Waals surface area contributed by atoms with Crippen molar-refractivity contribution in [3.8, 4) is 0 Å². The zero-order chi connectivity index (χ0) is 13.5. The molecule has 0 aliphatic carbocycles. The summed E-state index contributed by atoms with van der Waals surface area (Å²) in [4.78, 5) is 13.2. The Morgan fingerprint density at radius 1 is 1.53 bits per heavy atom. The minimum atomic E-state index is -0.780. The Hall–Kier alpha value is -1.36. The maximum absolute atomic E-state index is 11.7. The Balaban J connectivity index is 4.93. The fraction of sp³-hybridized carbons (Fsp3) is 0.667. The lowest BCUT2D eigenvalue weighted by Crippen LogP contribution is -2.47. The van der Waals surface area contributed by atoms with Crippen molar-refractivity contribution in [2.45, 2.75) is 26.0 Å². The van der Waals surface area contributed by atoms with Gasteiger partial charge in [-0.15, -0.1) is 0 Å². The first-order chi connectivity index (χ1) is 7.91. The highest BCUT2D eigenvalue weighted by Crippen LogP contribution is 2.17. The molecule has 0 rings (SSSR count). The van der Waals surface area contributed by atoms with Crippen molar-refractivity contribution in [3.05, 3.63) is 12.7 Å². The molecule has 0 saturated heterocycles. The summed E-state index contributed by atoms with van der Waals surface area (Å²) in [6.45, 7) is 7.67. The van der Waals surface area contributed by atoms with Gasteiger partial charge in [-0.05, 0) is 19.4 Å². The molecule has 0 radical (unpaired) electrons.